The van der Waals surface area contributed by atoms with Crippen LogP contribution >= 0.6 is 0 Å². The average Bonchev–Trinajstić information content (AvgIpc) is 2.74. The molecule has 1 heterocycles. The van der Waals surface area contributed by atoms with E-state index < -0.39 is 29.7 Å². The van der Waals surface area contributed by atoms with Crippen LogP contribution in [0.1, 0.15) is 72.1 Å². The molecule has 1 aromatic rings. The Balaban J connectivity index is 2.68. The first-order chi connectivity index (χ1) is 14.6. The molecule has 6 heteroatoms. The Labute approximate surface area is 185 Å². The lowest BCUT2D eigenvalue weighted by Gasteiger charge is -2.44. The lowest BCUT2D eigenvalue weighted by atomic mass is 9.86. The summed E-state index contributed by atoms with van der Waals surface area (Å²) in [6, 6.07) is 3.83. The van der Waals surface area contributed by atoms with Gasteiger partial charge in [-0.05, 0) is 59.6 Å². The summed E-state index contributed by atoms with van der Waals surface area (Å²) in [6.45, 7) is 12.6. The molecule has 1 aliphatic rings. The molecular formula is C25H34O6. The lowest BCUT2D eigenvalue weighted by molar-refractivity contribution is -0.186. The van der Waals surface area contributed by atoms with E-state index in [2.05, 4.69) is 6.92 Å². The molecule has 6 nitrogen and oxygen atoms in total. The fraction of sp³-hybridized carbons (Fsp3) is 0.520. The molecule has 0 saturated heterocycles. The molecule has 0 fully saturated rings. The quantitative estimate of drug-likeness (QED) is 0.435. The van der Waals surface area contributed by atoms with Gasteiger partial charge < -0.3 is 18.9 Å². The van der Waals surface area contributed by atoms with Crippen molar-refractivity contribution >= 4 is 11.9 Å². The molecular weight excluding hydrogens is 396 g/mol. The fourth-order valence-electron chi connectivity index (χ4n) is 3.53. The van der Waals surface area contributed by atoms with E-state index in [9.17, 15) is 9.59 Å². The molecule has 0 unspecified atom stereocenters. The van der Waals surface area contributed by atoms with Crippen molar-refractivity contribution in [2.45, 2.75) is 79.1 Å². The van der Waals surface area contributed by atoms with Gasteiger partial charge in [-0.3, -0.25) is 0 Å². The first-order valence-electron chi connectivity index (χ1n) is 10.7. The molecule has 0 bridgehead atoms. The largest absolute Gasteiger partial charge is 0.496 e. The van der Waals surface area contributed by atoms with Crippen molar-refractivity contribution in [2.24, 2.45) is 0 Å². The third-order valence-corrected chi connectivity index (χ3v) is 5.56. The Hall–Kier alpha value is -2.76. The molecule has 0 aromatic heterocycles. The van der Waals surface area contributed by atoms with Gasteiger partial charge >= 0.3 is 11.9 Å². The maximum atomic E-state index is 12.8. The number of carbonyl (C=O) groups is 2. The number of aryl methyl sites for hydroxylation is 1. The van der Waals surface area contributed by atoms with Gasteiger partial charge in [-0.15, -0.1) is 0 Å². The van der Waals surface area contributed by atoms with Crippen molar-refractivity contribution in [2.75, 3.05) is 7.11 Å². The summed E-state index contributed by atoms with van der Waals surface area (Å²) >= 11 is 0. The Morgan fingerprint density at radius 3 is 2.16 bits per heavy atom. The van der Waals surface area contributed by atoms with E-state index in [0.717, 1.165) is 18.4 Å². The van der Waals surface area contributed by atoms with Crippen LogP contribution in [0.15, 0.2) is 35.4 Å². The van der Waals surface area contributed by atoms with E-state index in [1.807, 2.05) is 26.0 Å². The SMILES string of the molecule is C/C=C(\C)C(=O)O[C@H]1c2c(ccc(CCC)c2OC)OC(C)(C)[C@H]1OC(=O)/C(C)=C/C. The van der Waals surface area contributed by atoms with Gasteiger partial charge in [-0.1, -0.05) is 31.6 Å². The number of rotatable bonds is 7. The standard InChI is InChI=1S/C25H34O6/c1-9-12-17-13-14-18-19(20(17)28-8)21(29-23(26)15(4)10-2)22(25(6,7)31-18)30-24(27)16(5)11-3/h10-11,13-14,21-22H,9,12H2,1-8H3/b15-10+,16-11+/t21-,22-/m0/s1. The van der Waals surface area contributed by atoms with Crippen molar-refractivity contribution < 1.29 is 28.5 Å². The van der Waals surface area contributed by atoms with Crippen LogP contribution in [-0.2, 0) is 25.5 Å². The molecule has 1 aromatic carbocycles. The maximum Gasteiger partial charge on any atom is 0.334 e. The summed E-state index contributed by atoms with van der Waals surface area (Å²) in [4.78, 5) is 25.4. The van der Waals surface area contributed by atoms with Crippen LogP contribution in [-0.4, -0.2) is 30.8 Å². The molecule has 2 atom stereocenters. The minimum Gasteiger partial charge on any atom is -0.496 e. The van der Waals surface area contributed by atoms with Crippen molar-refractivity contribution in [3.63, 3.8) is 0 Å². The van der Waals surface area contributed by atoms with Gasteiger partial charge in [0.05, 0.1) is 12.7 Å². The van der Waals surface area contributed by atoms with Gasteiger partial charge in [0.2, 0.25) is 0 Å². The van der Waals surface area contributed by atoms with E-state index >= 15 is 0 Å². The highest BCUT2D eigenvalue weighted by Gasteiger charge is 2.50. The topological polar surface area (TPSA) is 71.1 Å². The monoisotopic (exact) mass is 430 g/mol. The number of carbonyl (C=O) groups excluding carboxylic acids is 2. The van der Waals surface area contributed by atoms with E-state index in [1.165, 1.54) is 0 Å². The van der Waals surface area contributed by atoms with Gasteiger partial charge in [0, 0.05) is 11.1 Å². The first kappa shape index (κ1) is 24.5. The Kier molecular flexibility index (Phi) is 7.93. The van der Waals surface area contributed by atoms with Gasteiger partial charge in [0.25, 0.3) is 0 Å². The summed E-state index contributed by atoms with van der Waals surface area (Å²) in [5.41, 5.74) is 1.54. The molecule has 31 heavy (non-hydrogen) atoms. The number of benzene rings is 1. The molecule has 0 radical (unpaired) electrons. The number of allylic oxidation sites excluding steroid dienone is 2. The Bertz CT molecular complexity index is 894. The van der Waals surface area contributed by atoms with E-state index in [1.54, 1.807) is 47.0 Å². The van der Waals surface area contributed by atoms with Crippen molar-refractivity contribution in [1.82, 2.24) is 0 Å². The van der Waals surface area contributed by atoms with Crippen LogP contribution < -0.4 is 9.47 Å². The highest BCUT2D eigenvalue weighted by Crippen LogP contribution is 2.49. The first-order valence-corrected chi connectivity index (χ1v) is 10.7. The van der Waals surface area contributed by atoms with E-state index in [0.29, 0.717) is 28.2 Å². The molecule has 2 rings (SSSR count). The Morgan fingerprint density at radius 1 is 1.06 bits per heavy atom. The number of methoxy groups -OCH3 is 1. The number of hydrogen-bond acceptors (Lipinski definition) is 6. The number of esters is 2. The van der Waals surface area contributed by atoms with Gasteiger partial charge in [0.1, 0.15) is 17.1 Å². The molecule has 170 valence electrons. The van der Waals surface area contributed by atoms with E-state index in [4.69, 9.17) is 18.9 Å². The summed E-state index contributed by atoms with van der Waals surface area (Å²) in [6.07, 6.45) is 3.31. The molecule has 0 saturated carbocycles. The average molecular weight is 431 g/mol. The summed E-state index contributed by atoms with van der Waals surface area (Å²) < 4.78 is 23.8. The third-order valence-electron chi connectivity index (χ3n) is 5.56. The van der Waals surface area contributed by atoms with Crippen LogP contribution in [0, 0.1) is 0 Å². The second-order valence-electron chi connectivity index (χ2n) is 8.22. The van der Waals surface area contributed by atoms with Gasteiger partial charge in [-0.2, -0.15) is 0 Å². The Morgan fingerprint density at radius 2 is 1.65 bits per heavy atom. The zero-order valence-corrected chi connectivity index (χ0v) is 19.8. The van der Waals surface area contributed by atoms with Crippen LogP contribution in [0.2, 0.25) is 0 Å². The van der Waals surface area contributed by atoms with Crippen molar-refractivity contribution in [3.05, 3.63) is 46.6 Å². The predicted molar refractivity (Wildman–Crippen MR) is 119 cm³/mol. The summed E-state index contributed by atoms with van der Waals surface area (Å²) in [5.74, 6) is 0.172. The minimum absolute atomic E-state index is 0.461. The summed E-state index contributed by atoms with van der Waals surface area (Å²) in [7, 11) is 1.58. The van der Waals surface area contributed by atoms with Gasteiger partial charge in [0.15, 0.2) is 12.2 Å². The highest BCUT2D eigenvalue weighted by atomic mass is 16.6. The fourth-order valence-corrected chi connectivity index (χ4v) is 3.53. The maximum absolute atomic E-state index is 12.8. The lowest BCUT2D eigenvalue weighted by Crippen LogP contribution is -2.52. The number of fused-ring (bicyclic) bond motifs is 1. The molecule has 0 spiro atoms. The molecule has 0 N–H and O–H groups in total. The zero-order chi connectivity index (χ0) is 23.3. The molecule has 0 aliphatic carbocycles. The number of ether oxygens (including phenoxy) is 4. The van der Waals surface area contributed by atoms with Crippen LogP contribution in [0.5, 0.6) is 11.5 Å². The van der Waals surface area contributed by atoms with Crippen LogP contribution in [0.25, 0.3) is 0 Å². The zero-order valence-electron chi connectivity index (χ0n) is 19.8. The summed E-state index contributed by atoms with van der Waals surface area (Å²) in [5, 5.41) is 0. The molecule has 1 aliphatic heterocycles. The van der Waals surface area contributed by atoms with Crippen LogP contribution in [0.4, 0.5) is 0 Å². The predicted octanol–water partition coefficient (Wildman–Crippen LogP) is 5.25. The van der Waals surface area contributed by atoms with Crippen molar-refractivity contribution in [3.8, 4) is 11.5 Å². The highest BCUT2D eigenvalue weighted by molar-refractivity contribution is 5.89. The second-order valence-corrected chi connectivity index (χ2v) is 8.22. The van der Waals surface area contributed by atoms with Crippen molar-refractivity contribution in [1.29, 1.82) is 0 Å². The third kappa shape index (κ3) is 5.12. The van der Waals surface area contributed by atoms with Crippen LogP contribution in [0.3, 0.4) is 0 Å². The normalized spacial score (nSPS) is 20.4. The number of hydrogen-bond donors (Lipinski definition) is 0. The van der Waals surface area contributed by atoms with E-state index in [-0.39, 0.29) is 0 Å². The smallest absolute Gasteiger partial charge is 0.334 e. The van der Waals surface area contributed by atoms with Gasteiger partial charge in [-0.25, -0.2) is 9.59 Å². The molecule has 0 amide bonds. The second kappa shape index (κ2) is 10.0. The minimum atomic E-state index is -0.942.